The minimum Gasteiger partial charge on any atom is -0.323 e. The van der Waals surface area contributed by atoms with Crippen molar-refractivity contribution in [3.8, 4) is 6.07 Å². The number of rotatable bonds is 4. The van der Waals surface area contributed by atoms with E-state index in [9.17, 15) is 0 Å². The topological polar surface area (TPSA) is 49.8 Å². The average molecular weight is 236 g/mol. The molecule has 0 aromatic heterocycles. The summed E-state index contributed by atoms with van der Waals surface area (Å²) in [5.74, 6) is 0.0404. The molecule has 0 aliphatic rings. The molecule has 18 heavy (non-hydrogen) atoms. The zero-order valence-corrected chi connectivity index (χ0v) is 10.2. The van der Waals surface area contributed by atoms with E-state index in [1.54, 1.807) is 0 Å². The minimum absolute atomic E-state index is 0.0404. The molecule has 2 aromatic rings. The molecule has 0 aliphatic heterocycles. The molecule has 0 aliphatic carbocycles. The quantitative estimate of drug-likeness (QED) is 0.884. The third kappa shape index (κ3) is 2.77. The Kier molecular flexibility index (Phi) is 4.11. The molecular weight excluding hydrogens is 220 g/mol. The van der Waals surface area contributed by atoms with E-state index in [0.29, 0.717) is 6.42 Å². The summed E-state index contributed by atoms with van der Waals surface area (Å²) in [6.07, 6.45) is 0.431. The van der Waals surface area contributed by atoms with Gasteiger partial charge in [0.15, 0.2) is 0 Å². The molecule has 2 nitrogen and oxygen atoms in total. The third-order valence-electron chi connectivity index (χ3n) is 3.16. The fraction of sp³-hybridized carbons (Fsp3) is 0.188. The van der Waals surface area contributed by atoms with Crippen LogP contribution in [-0.4, -0.2) is 0 Å². The molecular formula is C16H16N2. The molecule has 2 unspecified atom stereocenters. The summed E-state index contributed by atoms with van der Waals surface area (Å²) in [5, 5.41) is 8.99. The first-order valence-electron chi connectivity index (χ1n) is 6.05. The van der Waals surface area contributed by atoms with Gasteiger partial charge in [-0.2, -0.15) is 5.26 Å². The van der Waals surface area contributed by atoms with Gasteiger partial charge in [-0.15, -0.1) is 0 Å². The Morgan fingerprint density at radius 1 is 0.889 bits per heavy atom. The van der Waals surface area contributed by atoms with Crippen LogP contribution in [0.2, 0.25) is 0 Å². The van der Waals surface area contributed by atoms with E-state index in [1.807, 2.05) is 60.7 Å². The second kappa shape index (κ2) is 6.00. The van der Waals surface area contributed by atoms with Crippen molar-refractivity contribution in [3.05, 3.63) is 71.8 Å². The highest BCUT2D eigenvalue weighted by Gasteiger charge is 2.20. The van der Waals surface area contributed by atoms with Gasteiger partial charge in [0.2, 0.25) is 0 Å². The molecule has 2 heteroatoms. The predicted octanol–water partition coefficient (Wildman–Crippen LogP) is 3.38. The highest BCUT2D eigenvalue weighted by Crippen LogP contribution is 2.31. The monoisotopic (exact) mass is 236 g/mol. The standard InChI is InChI=1S/C16H16N2/c17-12-11-15(13-7-3-1-4-8-13)16(18)14-9-5-2-6-10-14/h1-10,15-16H,11,18H2. The fourth-order valence-corrected chi connectivity index (χ4v) is 2.16. The predicted molar refractivity (Wildman–Crippen MR) is 72.8 cm³/mol. The van der Waals surface area contributed by atoms with Gasteiger partial charge in [-0.05, 0) is 11.1 Å². The highest BCUT2D eigenvalue weighted by molar-refractivity contribution is 5.28. The number of hydrogen-bond donors (Lipinski definition) is 1. The average Bonchev–Trinajstić information content (AvgIpc) is 2.46. The van der Waals surface area contributed by atoms with Crippen LogP contribution in [0.1, 0.15) is 29.5 Å². The van der Waals surface area contributed by atoms with Gasteiger partial charge in [0.05, 0.1) is 6.07 Å². The lowest BCUT2D eigenvalue weighted by Crippen LogP contribution is -2.19. The normalized spacial score (nSPS) is 13.6. The van der Waals surface area contributed by atoms with E-state index < -0.39 is 0 Å². The molecule has 0 spiro atoms. The fourth-order valence-electron chi connectivity index (χ4n) is 2.16. The third-order valence-corrected chi connectivity index (χ3v) is 3.16. The van der Waals surface area contributed by atoms with Crippen molar-refractivity contribution >= 4 is 0 Å². The Labute approximate surface area is 108 Å². The SMILES string of the molecule is N#CCC(c1ccccc1)C(N)c1ccccc1. The minimum atomic E-state index is -0.145. The lowest BCUT2D eigenvalue weighted by Gasteiger charge is -2.22. The zero-order valence-electron chi connectivity index (χ0n) is 10.2. The van der Waals surface area contributed by atoms with Crippen LogP contribution < -0.4 is 5.73 Å². The summed E-state index contributed by atoms with van der Waals surface area (Å²) >= 11 is 0. The largest absolute Gasteiger partial charge is 0.323 e. The lowest BCUT2D eigenvalue weighted by molar-refractivity contribution is 0.564. The summed E-state index contributed by atoms with van der Waals surface area (Å²) in [4.78, 5) is 0. The van der Waals surface area contributed by atoms with Gasteiger partial charge in [-0.1, -0.05) is 60.7 Å². The number of hydrogen-bond acceptors (Lipinski definition) is 2. The molecule has 0 saturated carbocycles. The van der Waals surface area contributed by atoms with E-state index in [1.165, 1.54) is 0 Å². The summed E-state index contributed by atoms with van der Waals surface area (Å²) in [7, 11) is 0. The molecule has 2 atom stereocenters. The lowest BCUT2D eigenvalue weighted by atomic mass is 9.86. The van der Waals surface area contributed by atoms with E-state index in [0.717, 1.165) is 11.1 Å². The number of nitrogens with two attached hydrogens (primary N) is 1. The summed E-state index contributed by atoms with van der Waals surface area (Å²) in [6.45, 7) is 0. The molecule has 2 rings (SSSR count). The second-order valence-electron chi connectivity index (χ2n) is 4.32. The summed E-state index contributed by atoms with van der Waals surface area (Å²) < 4.78 is 0. The van der Waals surface area contributed by atoms with Crippen LogP contribution in [0.15, 0.2) is 60.7 Å². The first kappa shape index (κ1) is 12.3. The van der Waals surface area contributed by atoms with Gasteiger partial charge in [-0.3, -0.25) is 0 Å². The van der Waals surface area contributed by atoms with Crippen LogP contribution in [-0.2, 0) is 0 Å². The summed E-state index contributed by atoms with van der Waals surface area (Å²) in [5.41, 5.74) is 8.50. The molecule has 0 amide bonds. The van der Waals surface area contributed by atoms with Crippen molar-refractivity contribution in [2.75, 3.05) is 0 Å². The van der Waals surface area contributed by atoms with Crippen molar-refractivity contribution in [1.29, 1.82) is 5.26 Å². The number of nitriles is 1. The van der Waals surface area contributed by atoms with Gasteiger partial charge in [0.25, 0.3) is 0 Å². The van der Waals surface area contributed by atoms with Crippen molar-refractivity contribution in [3.63, 3.8) is 0 Å². The number of benzene rings is 2. The second-order valence-corrected chi connectivity index (χ2v) is 4.32. The van der Waals surface area contributed by atoms with Crippen LogP contribution in [0.3, 0.4) is 0 Å². The molecule has 0 fully saturated rings. The van der Waals surface area contributed by atoms with Crippen molar-refractivity contribution in [2.24, 2.45) is 5.73 Å². The van der Waals surface area contributed by atoms with Crippen molar-refractivity contribution in [2.45, 2.75) is 18.4 Å². The first-order valence-corrected chi connectivity index (χ1v) is 6.05. The molecule has 0 bridgehead atoms. The Morgan fingerprint density at radius 3 is 1.89 bits per heavy atom. The zero-order chi connectivity index (χ0) is 12.8. The molecule has 0 saturated heterocycles. The van der Waals surface area contributed by atoms with Crippen LogP contribution in [0, 0.1) is 11.3 Å². The highest BCUT2D eigenvalue weighted by atomic mass is 14.7. The van der Waals surface area contributed by atoms with E-state index >= 15 is 0 Å². The molecule has 2 aromatic carbocycles. The van der Waals surface area contributed by atoms with E-state index in [4.69, 9.17) is 11.0 Å². The van der Waals surface area contributed by atoms with E-state index in [2.05, 4.69) is 6.07 Å². The Hall–Kier alpha value is -2.11. The van der Waals surface area contributed by atoms with Gasteiger partial charge in [0.1, 0.15) is 0 Å². The first-order chi connectivity index (χ1) is 8.83. The van der Waals surface area contributed by atoms with Gasteiger partial charge in [0, 0.05) is 18.4 Å². The number of nitrogens with zero attached hydrogens (tertiary/aromatic N) is 1. The maximum Gasteiger partial charge on any atom is 0.0628 e. The molecule has 90 valence electrons. The molecule has 0 heterocycles. The van der Waals surface area contributed by atoms with Crippen LogP contribution in [0.4, 0.5) is 0 Å². The van der Waals surface area contributed by atoms with Crippen LogP contribution in [0.25, 0.3) is 0 Å². The summed E-state index contributed by atoms with van der Waals surface area (Å²) in [6, 6.07) is 22.0. The van der Waals surface area contributed by atoms with E-state index in [-0.39, 0.29) is 12.0 Å². The van der Waals surface area contributed by atoms with Crippen molar-refractivity contribution < 1.29 is 0 Å². The van der Waals surface area contributed by atoms with Gasteiger partial charge >= 0.3 is 0 Å². The van der Waals surface area contributed by atoms with Crippen molar-refractivity contribution in [1.82, 2.24) is 0 Å². The van der Waals surface area contributed by atoms with Gasteiger partial charge in [-0.25, -0.2) is 0 Å². The molecule has 0 radical (unpaired) electrons. The smallest absolute Gasteiger partial charge is 0.0628 e. The maximum absolute atomic E-state index is 8.99. The van der Waals surface area contributed by atoms with Crippen LogP contribution in [0.5, 0.6) is 0 Å². The Balaban J connectivity index is 2.29. The Morgan fingerprint density at radius 2 is 1.39 bits per heavy atom. The molecule has 2 N–H and O–H groups in total. The van der Waals surface area contributed by atoms with Gasteiger partial charge < -0.3 is 5.73 Å². The maximum atomic E-state index is 8.99. The van der Waals surface area contributed by atoms with Crippen LogP contribution >= 0.6 is 0 Å². The Bertz CT molecular complexity index is 514.